The predicted molar refractivity (Wildman–Crippen MR) is 84.0 cm³/mol. The zero-order valence-electron chi connectivity index (χ0n) is 13.8. The molecular formula is C15H28N6O. The Kier molecular flexibility index (Phi) is 6.76. The molecular weight excluding hydrogens is 280 g/mol. The van der Waals surface area contributed by atoms with E-state index in [-0.39, 0.29) is 11.8 Å². The highest BCUT2D eigenvalue weighted by molar-refractivity contribution is 5.78. The number of carbonyl (C=O) groups excluding carboxylic acids is 1. The zero-order chi connectivity index (χ0) is 15.8. The van der Waals surface area contributed by atoms with Crippen LogP contribution in [0.2, 0.25) is 0 Å². The van der Waals surface area contributed by atoms with Gasteiger partial charge in [0.25, 0.3) is 0 Å². The lowest BCUT2D eigenvalue weighted by molar-refractivity contribution is -0.126. The molecule has 22 heavy (non-hydrogen) atoms. The van der Waals surface area contributed by atoms with Gasteiger partial charge in [0.15, 0.2) is 5.82 Å². The monoisotopic (exact) mass is 308 g/mol. The van der Waals surface area contributed by atoms with Crippen molar-refractivity contribution in [2.24, 2.45) is 5.92 Å². The van der Waals surface area contributed by atoms with Crippen LogP contribution < -0.4 is 5.32 Å². The Morgan fingerprint density at radius 1 is 1.27 bits per heavy atom. The van der Waals surface area contributed by atoms with E-state index < -0.39 is 0 Å². The van der Waals surface area contributed by atoms with E-state index in [1.165, 1.54) is 0 Å². The third-order valence-electron chi connectivity index (χ3n) is 4.20. The fourth-order valence-electron chi connectivity index (χ4n) is 2.76. The summed E-state index contributed by atoms with van der Waals surface area (Å²) in [5.74, 6) is 1.32. The average molecular weight is 308 g/mol. The highest BCUT2D eigenvalue weighted by Gasteiger charge is 2.25. The first-order valence-corrected chi connectivity index (χ1v) is 8.49. The Morgan fingerprint density at radius 3 is 2.73 bits per heavy atom. The van der Waals surface area contributed by atoms with Crippen molar-refractivity contribution in [1.29, 1.82) is 0 Å². The van der Waals surface area contributed by atoms with Crippen LogP contribution in [0, 0.1) is 5.92 Å². The molecule has 0 unspecified atom stereocenters. The van der Waals surface area contributed by atoms with E-state index >= 15 is 0 Å². The second-order valence-corrected chi connectivity index (χ2v) is 6.01. The number of tetrazole rings is 1. The Hall–Kier alpha value is -1.50. The first-order valence-electron chi connectivity index (χ1n) is 8.49. The van der Waals surface area contributed by atoms with Gasteiger partial charge in [0.1, 0.15) is 0 Å². The number of hydrogen-bond donors (Lipinski definition) is 1. The minimum atomic E-state index is 0.166. The molecule has 1 aromatic heterocycles. The number of carbonyl (C=O) groups is 1. The van der Waals surface area contributed by atoms with Crippen LogP contribution in [-0.2, 0) is 17.9 Å². The van der Waals surface area contributed by atoms with Crippen molar-refractivity contribution in [1.82, 2.24) is 30.4 Å². The maximum atomic E-state index is 12.0. The predicted octanol–water partition coefficient (Wildman–Crippen LogP) is 1.21. The van der Waals surface area contributed by atoms with Crippen LogP contribution in [0.25, 0.3) is 0 Å². The zero-order valence-corrected chi connectivity index (χ0v) is 13.8. The number of nitrogens with one attached hydrogen (secondary N) is 1. The van der Waals surface area contributed by atoms with Crippen molar-refractivity contribution in [2.75, 3.05) is 19.6 Å². The normalized spacial score (nSPS) is 16.8. The van der Waals surface area contributed by atoms with Crippen LogP contribution >= 0.6 is 0 Å². The third kappa shape index (κ3) is 4.76. The molecule has 0 aliphatic carbocycles. The van der Waals surface area contributed by atoms with Gasteiger partial charge in [0.2, 0.25) is 5.91 Å². The molecule has 0 saturated carbocycles. The lowest BCUT2D eigenvalue weighted by Crippen LogP contribution is -2.40. The summed E-state index contributed by atoms with van der Waals surface area (Å²) in [6, 6.07) is 0. The van der Waals surface area contributed by atoms with Gasteiger partial charge in [-0.3, -0.25) is 9.69 Å². The number of amides is 1. The molecule has 1 saturated heterocycles. The lowest BCUT2D eigenvalue weighted by Gasteiger charge is -2.30. The largest absolute Gasteiger partial charge is 0.356 e. The summed E-state index contributed by atoms with van der Waals surface area (Å²) in [5, 5.41) is 15.0. The van der Waals surface area contributed by atoms with E-state index in [9.17, 15) is 4.79 Å². The maximum Gasteiger partial charge on any atom is 0.223 e. The molecule has 0 spiro atoms. The van der Waals surface area contributed by atoms with E-state index in [0.717, 1.165) is 70.7 Å². The van der Waals surface area contributed by atoms with Crippen molar-refractivity contribution in [3.8, 4) is 0 Å². The molecule has 7 nitrogen and oxygen atoms in total. The molecule has 0 bridgehead atoms. The Labute approximate surface area is 132 Å². The van der Waals surface area contributed by atoms with E-state index in [2.05, 4.69) is 39.6 Å². The average Bonchev–Trinajstić information content (AvgIpc) is 2.98. The van der Waals surface area contributed by atoms with Crippen molar-refractivity contribution < 1.29 is 4.79 Å². The Bertz CT molecular complexity index is 453. The smallest absolute Gasteiger partial charge is 0.223 e. The van der Waals surface area contributed by atoms with Crippen LogP contribution in [0.4, 0.5) is 0 Å². The summed E-state index contributed by atoms with van der Waals surface area (Å²) in [7, 11) is 0. The van der Waals surface area contributed by atoms with Crippen LogP contribution in [0.1, 0.15) is 51.8 Å². The van der Waals surface area contributed by atoms with Gasteiger partial charge >= 0.3 is 0 Å². The molecule has 1 N–H and O–H groups in total. The van der Waals surface area contributed by atoms with Crippen molar-refractivity contribution in [2.45, 2.75) is 59.0 Å². The van der Waals surface area contributed by atoms with Gasteiger partial charge in [0.05, 0.1) is 6.54 Å². The summed E-state index contributed by atoms with van der Waals surface area (Å²) in [5.41, 5.74) is 0. The Balaban J connectivity index is 1.78. The van der Waals surface area contributed by atoms with Gasteiger partial charge in [-0.05, 0) is 49.2 Å². The molecule has 1 aromatic rings. The first kappa shape index (κ1) is 16.9. The van der Waals surface area contributed by atoms with Gasteiger partial charge in [-0.1, -0.05) is 20.3 Å². The molecule has 2 heterocycles. The standard InChI is InChI=1S/C15H28N6O/c1-3-5-9-21-14(17-18-19-21)12-20-10-6-13(7-11-20)15(22)16-8-4-2/h13H,3-12H2,1-2H3,(H,16,22). The number of nitrogens with zero attached hydrogens (tertiary/aromatic N) is 5. The molecule has 0 aromatic carbocycles. The van der Waals surface area contributed by atoms with Crippen LogP contribution in [0.15, 0.2) is 0 Å². The SMILES string of the molecule is CCCCn1nnnc1CN1CCC(C(=O)NCCC)CC1. The highest BCUT2D eigenvalue weighted by Crippen LogP contribution is 2.18. The summed E-state index contributed by atoms with van der Waals surface area (Å²) < 4.78 is 1.91. The quantitative estimate of drug-likeness (QED) is 0.781. The van der Waals surface area contributed by atoms with Crippen LogP contribution in [-0.4, -0.2) is 50.6 Å². The second-order valence-electron chi connectivity index (χ2n) is 6.01. The van der Waals surface area contributed by atoms with E-state index in [1.807, 2.05) is 4.68 Å². The molecule has 7 heteroatoms. The lowest BCUT2D eigenvalue weighted by atomic mass is 9.96. The number of unbranched alkanes of at least 4 members (excludes halogenated alkanes) is 1. The Morgan fingerprint density at radius 2 is 2.05 bits per heavy atom. The number of piperidine rings is 1. The fraction of sp³-hybridized carbons (Fsp3) is 0.867. The molecule has 2 rings (SSSR count). The number of rotatable bonds is 8. The number of likely N-dealkylation sites (tertiary alicyclic amines) is 1. The molecule has 0 atom stereocenters. The van der Waals surface area contributed by atoms with Gasteiger partial charge < -0.3 is 5.32 Å². The van der Waals surface area contributed by atoms with E-state index in [1.54, 1.807) is 0 Å². The minimum absolute atomic E-state index is 0.166. The maximum absolute atomic E-state index is 12.0. The van der Waals surface area contributed by atoms with Crippen molar-refractivity contribution in [3.05, 3.63) is 5.82 Å². The number of aromatic nitrogens is 4. The highest BCUT2D eigenvalue weighted by atomic mass is 16.1. The number of aryl methyl sites for hydroxylation is 1. The van der Waals surface area contributed by atoms with Crippen molar-refractivity contribution in [3.63, 3.8) is 0 Å². The molecule has 1 aliphatic heterocycles. The molecule has 1 fully saturated rings. The molecule has 1 aliphatic rings. The number of hydrogen-bond acceptors (Lipinski definition) is 5. The summed E-state index contributed by atoms with van der Waals surface area (Å²) in [6.07, 6.45) is 5.07. The third-order valence-corrected chi connectivity index (χ3v) is 4.20. The second kappa shape index (κ2) is 8.82. The van der Waals surface area contributed by atoms with E-state index in [4.69, 9.17) is 0 Å². The van der Waals surface area contributed by atoms with E-state index in [0.29, 0.717) is 0 Å². The minimum Gasteiger partial charge on any atom is -0.356 e. The summed E-state index contributed by atoms with van der Waals surface area (Å²) in [6.45, 7) is 8.56. The van der Waals surface area contributed by atoms with Gasteiger partial charge in [-0.25, -0.2) is 4.68 Å². The van der Waals surface area contributed by atoms with Crippen molar-refractivity contribution >= 4 is 5.91 Å². The topological polar surface area (TPSA) is 75.9 Å². The van der Waals surface area contributed by atoms with Gasteiger partial charge in [0, 0.05) is 19.0 Å². The molecule has 0 radical (unpaired) electrons. The molecule has 124 valence electrons. The summed E-state index contributed by atoms with van der Waals surface area (Å²) >= 11 is 0. The van der Waals surface area contributed by atoms with Crippen LogP contribution in [0.3, 0.4) is 0 Å². The van der Waals surface area contributed by atoms with Crippen LogP contribution in [0.5, 0.6) is 0 Å². The summed E-state index contributed by atoms with van der Waals surface area (Å²) in [4.78, 5) is 14.3. The first-order chi connectivity index (χ1) is 10.7. The fourth-order valence-corrected chi connectivity index (χ4v) is 2.76. The van der Waals surface area contributed by atoms with Gasteiger partial charge in [-0.2, -0.15) is 0 Å². The van der Waals surface area contributed by atoms with Gasteiger partial charge in [-0.15, -0.1) is 5.10 Å². The molecule has 1 amide bonds.